The van der Waals surface area contributed by atoms with E-state index in [2.05, 4.69) is 11.8 Å². The van der Waals surface area contributed by atoms with Crippen molar-refractivity contribution in [2.45, 2.75) is 19.3 Å². The third kappa shape index (κ3) is 2.75. The Kier molecular flexibility index (Phi) is 4.35. The summed E-state index contributed by atoms with van der Waals surface area (Å²) in [6, 6.07) is 5.96. The summed E-state index contributed by atoms with van der Waals surface area (Å²) in [6.45, 7) is 2.05. The molecule has 0 aromatic heterocycles. The van der Waals surface area contributed by atoms with Crippen LogP contribution in [0.3, 0.4) is 0 Å². The molecule has 1 unspecified atom stereocenters. The van der Waals surface area contributed by atoms with Crippen LogP contribution >= 0.6 is 0 Å². The van der Waals surface area contributed by atoms with E-state index >= 15 is 0 Å². The van der Waals surface area contributed by atoms with Crippen molar-refractivity contribution in [1.29, 1.82) is 0 Å². The molecule has 0 heterocycles. The number of benzene rings is 1. The first kappa shape index (κ1) is 12.6. The lowest BCUT2D eigenvalue weighted by atomic mass is 9.96. The molecular formula is C13H19NO2. The van der Waals surface area contributed by atoms with Crippen molar-refractivity contribution >= 4 is 12.0 Å². The van der Waals surface area contributed by atoms with Crippen molar-refractivity contribution in [3.05, 3.63) is 23.8 Å². The zero-order valence-electron chi connectivity index (χ0n) is 10.4. The van der Waals surface area contributed by atoms with Crippen molar-refractivity contribution in [3.8, 4) is 5.75 Å². The van der Waals surface area contributed by atoms with Gasteiger partial charge in [-0.3, -0.25) is 0 Å². The molecule has 1 atom stereocenters. The Balaban J connectivity index is 3.14. The predicted molar refractivity (Wildman–Crippen MR) is 66.4 cm³/mol. The monoisotopic (exact) mass is 221 g/mol. The van der Waals surface area contributed by atoms with Crippen LogP contribution in [0.25, 0.3) is 0 Å². The van der Waals surface area contributed by atoms with Gasteiger partial charge in [-0.15, -0.1) is 0 Å². The molecule has 16 heavy (non-hydrogen) atoms. The number of hydrogen-bond acceptors (Lipinski definition) is 3. The average molecular weight is 221 g/mol. The van der Waals surface area contributed by atoms with Crippen molar-refractivity contribution in [3.63, 3.8) is 0 Å². The van der Waals surface area contributed by atoms with Gasteiger partial charge >= 0.3 is 0 Å². The second-order valence-electron chi connectivity index (χ2n) is 4.12. The van der Waals surface area contributed by atoms with Crippen molar-refractivity contribution < 1.29 is 9.53 Å². The molecule has 0 bridgehead atoms. The molecule has 0 saturated carbocycles. The number of rotatable bonds is 5. The van der Waals surface area contributed by atoms with Gasteiger partial charge in [-0.05, 0) is 29.7 Å². The highest BCUT2D eigenvalue weighted by atomic mass is 16.5. The van der Waals surface area contributed by atoms with Gasteiger partial charge in [0.2, 0.25) is 0 Å². The quantitative estimate of drug-likeness (QED) is 0.715. The molecule has 0 aliphatic rings. The van der Waals surface area contributed by atoms with Crippen LogP contribution in [0, 0.1) is 0 Å². The molecule has 0 N–H and O–H groups in total. The summed E-state index contributed by atoms with van der Waals surface area (Å²) in [5, 5.41) is 0. The summed E-state index contributed by atoms with van der Waals surface area (Å²) in [5.41, 5.74) is 2.28. The van der Waals surface area contributed by atoms with Crippen LogP contribution in [0.2, 0.25) is 0 Å². The first-order chi connectivity index (χ1) is 7.60. The summed E-state index contributed by atoms with van der Waals surface area (Å²) in [6.07, 6.45) is 1.50. The summed E-state index contributed by atoms with van der Waals surface area (Å²) in [4.78, 5) is 12.6. The van der Waals surface area contributed by atoms with Crippen LogP contribution in [0.15, 0.2) is 18.2 Å². The lowest BCUT2D eigenvalue weighted by molar-refractivity contribution is -0.108. The molecule has 3 nitrogen and oxygen atoms in total. The lowest BCUT2D eigenvalue weighted by Gasteiger charge is -2.21. The summed E-state index contributed by atoms with van der Waals surface area (Å²) in [5.74, 6) is 1.04. The average Bonchev–Trinajstić information content (AvgIpc) is 2.28. The molecule has 0 amide bonds. The summed E-state index contributed by atoms with van der Waals surface area (Å²) < 4.78 is 5.21. The number of aldehydes is 1. The molecule has 0 saturated heterocycles. The maximum atomic E-state index is 10.6. The van der Waals surface area contributed by atoms with Gasteiger partial charge in [0.25, 0.3) is 0 Å². The number of anilines is 1. The molecule has 1 aromatic carbocycles. The second kappa shape index (κ2) is 5.54. The minimum atomic E-state index is 0.213. The number of carbonyl (C=O) groups excluding carboxylic acids is 1. The highest BCUT2D eigenvalue weighted by molar-refractivity contribution is 5.60. The molecule has 0 fully saturated rings. The van der Waals surface area contributed by atoms with Gasteiger partial charge in [-0.25, -0.2) is 0 Å². The van der Waals surface area contributed by atoms with E-state index in [4.69, 9.17) is 4.74 Å². The number of carbonyl (C=O) groups is 1. The van der Waals surface area contributed by atoms with Crippen LogP contribution in [0.1, 0.15) is 24.8 Å². The number of hydrogen-bond donors (Lipinski definition) is 0. The molecule has 1 rings (SSSR count). The largest absolute Gasteiger partial charge is 0.497 e. The number of methoxy groups -OCH3 is 1. The Bertz CT molecular complexity index is 361. The van der Waals surface area contributed by atoms with E-state index in [0.717, 1.165) is 23.3 Å². The zero-order valence-corrected chi connectivity index (χ0v) is 10.4. The van der Waals surface area contributed by atoms with E-state index in [1.807, 2.05) is 32.3 Å². The highest BCUT2D eigenvalue weighted by Gasteiger charge is 2.12. The maximum absolute atomic E-state index is 10.6. The lowest BCUT2D eigenvalue weighted by Crippen LogP contribution is -2.12. The minimum Gasteiger partial charge on any atom is -0.497 e. The van der Waals surface area contributed by atoms with Crippen LogP contribution in [-0.4, -0.2) is 27.5 Å². The molecule has 0 aliphatic carbocycles. The van der Waals surface area contributed by atoms with Gasteiger partial charge in [0, 0.05) is 26.2 Å². The van der Waals surface area contributed by atoms with Crippen molar-refractivity contribution in [2.24, 2.45) is 0 Å². The van der Waals surface area contributed by atoms with E-state index in [9.17, 15) is 4.79 Å². The zero-order chi connectivity index (χ0) is 12.1. The second-order valence-corrected chi connectivity index (χ2v) is 4.12. The van der Waals surface area contributed by atoms with Crippen LogP contribution in [0.5, 0.6) is 5.75 Å². The Morgan fingerprint density at radius 3 is 2.62 bits per heavy atom. The van der Waals surface area contributed by atoms with E-state index in [-0.39, 0.29) is 5.92 Å². The number of nitrogens with zero attached hydrogens (tertiary/aromatic N) is 1. The van der Waals surface area contributed by atoms with Crippen molar-refractivity contribution in [2.75, 3.05) is 26.1 Å². The predicted octanol–water partition coefficient (Wildman–Crippen LogP) is 2.45. The van der Waals surface area contributed by atoms with E-state index in [0.29, 0.717) is 6.42 Å². The van der Waals surface area contributed by atoms with Gasteiger partial charge in [-0.2, -0.15) is 0 Å². The number of ether oxygens (including phenoxy) is 1. The minimum absolute atomic E-state index is 0.213. The normalized spacial score (nSPS) is 12.0. The third-order valence-electron chi connectivity index (χ3n) is 2.70. The molecule has 0 radical (unpaired) electrons. The SMILES string of the molecule is COc1ccc(N(C)C)c(C(C)CC=O)c1. The van der Waals surface area contributed by atoms with E-state index < -0.39 is 0 Å². The maximum Gasteiger partial charge on any atom is 0.120 e. The fraction of sp³-hybridized carbons (Fsp3) is 0.462. The topological polar surface area (TPSA) is 29.5 Å². The van der Waals surface area contributed by atoms with Gasteiger partial charge in [-0.1, -0.05) is 6.92 Å². The molecule has 0 aliphatic heterocycles. The first-order valence-electron chi connectivity index (χ1n) is 5.39. The first-order valence-corrected chi connectivity index (χ1v) is 5.39. The molecular weight excluding hydrogens is 202 g/mol. The summed E-state index contributed by atoms with van der Waals surface area (Å²) in [7, 11) is 5.65. The smallest absolute Gasteiger partial charge is 0.120 e. The fourth-order valence-electron chi connectivity index (χ4n) is 1.73. The van der Waals surface area contributed by atoms with Gasteiger partial charge < -0.3 is 14.4 Å². The van der Waals surface area contributed by atoms with E-state index in [1.54, 1.807) is 7.11 Å². The van der Waals surface area contributed by atoms with Crippen LogP contribution in [0.4, 0.5) is 5.69 Å². The fourth-order valence-corrected chi connectivity index (χ4v) is 1.73. The Labute approximate surface area is 97.0 Å². The standard InChI is InChI=1S/C13H19NO2/c1-10(7-8-15)12-9-11(16-4)5-6-13(12)14(2)3/h5-6,8-10H,7H2,1-4H3. The van der Waals surface area contributed by atoms with Gasteiger partial charge in [0.05, 0.1) is 7.11 Å². The van der Waals surface area contributed by atoms with Gasteiger partial charge in [0.15, 0.2) is 0 Å². The molecule has 3 heteroatoms. The van der Waals surface area contributed by atoms with Crippen LogP contribution in [-0.2, 0) is 4.79 Å². The Hall–Kier alpha value is -1.51. The van der Waals surface area contributed by atoms with E-state index in [1.165, 1.54) is 0 Å². The van der Waals surface area contributed by atoms with Crippen LogP contribution < -0.4 is 9.64 Å². The van der Waals surface area contributed by atoms with Gasteiger partial charge in [0.1, 0.15) is 12.0 Å². The third-order valence-corrected chi connectivity index (χ3v) is 2.70. The molecule has 88 valence electrons. The summed E-state index contributed by atoms with van der Waals surface area (Å²) >= 11 is 0. The molecule has 1 aromatic rings. The highest BCUT2D eigenvalue weighted by Crippen LogP contribution is 2.31. The Morgan fingerprint density at radius 2 is 2.12 bits per heavy atom. The Morgan fingerprint density at radius 1 is 1.44 bits per heavy atom. The molecule has 0 spiro atoms. The van der Waals surface area contributed by atoms with Crippen molar-refractivity contribution in [1.82, 2.24) is 0 Å².